The van der Waals surface area contributed by atoms with Crippen LogP contribution in [0.5, 0.6) is 5.75 Å². The quantitative estimate of drug-likeness (QED) is 0.429. The fraction of sp³-hybridized carbons (Fsp3) is 0.462. The van der Waals surface area contributed by atoms with Crippen LogP contribution in [0.15, 0.2) is 21.5 Å². The van der Waals surface area contributed by atoms with E-state index in [1.165, 1.54) is 0 Å². The molecule has 0 atom stereocenters. The average molecular weight is 349 g/mol. The van der Waals surface area contributed by atoms with Crippen molar-refractivity contribution in [3.05, 3.63) is 22.2 Å². The summed E-state index contributed by atoms with van der Waals surface area (Å²) in [6.45, 7) is 3.03. The van der Waals surface area contributed by atoms with Crippen LogP contribution in [0.4, 0.5) is 0 Å². The maximum absolute atomic E-state index is 11.8. The third-order valence-electron chi connectivity index (χ3n) is 2.31. The molecule has 0 N–H and O–H groups in total. The number of benzene rings is 1. The van der Waals surface area contributed by atoms with Gasteiger partial charge in [0, 0.05) is 7.11 Å². The standard InChI is InChI=1S/C13H17BrO4S/c1-4-17-13(15)9-5-6-10(19-3)12(11(9)14)18-8-7-16-2/h5-6H,4,7-8H2,1-3H3. The van der Waals surface area contributed by atoms with Gasteiger partial charge in [0.05, 0.1) is 28.1 Å². The third-order valence-corrected chi connectivity index (χ3v) is 3.86. The molecule has 1 aromatic rings. The minimum Gasteiger partial charge on any atom is -0.489 e. The molecule has 106 valence electrons. The lowest BCUT2D eigenvalue weighted by Gasteiger charge is -2.14. The van der Waals surface area contributed by atoms with E-state index in [9.17, 15) is 4.79 Å². The van der Waals surface area contributed by atoms with E-state index in [1.807, 2.05) is 12.3 Å². The van der Waals surface area contributed by atoms with E-state index in [2.05, 4.69) is 15.9 Å². The Labute approximate surface area is 125 Å². The van der Waals surface area contributed by atoms with E-state index in [4.69, 9.17) is 14.2 Å². The Bertz CT molecular complexity index is 437. The first-order chi connectivity index (χ1) is 9.15. The summed E-state index contributed by atoms with van der Waals surface area (Å²) in [5.74, 6) is 0.286. The van der Waals surface area contributed by atoms with Gasteiger partial charge in [0.2, 0.25) is 0 Å². The molecule has 0 aliphatic heterocycles. The maximum Gasteiger partial charge on any atom is 0.339 e. The van der Waals surface area contributed by atoms with Crippen molar-refractivity contribution in [1.29, 1.82) is 0 Å². The van der Waals surface area contributed by atoms with Crippen LogP contribution in [0.3, 0.4) is 0 Å². The van der Waals surface area contributed by atoms with Crippen molar-refractivity contribution >= 4 is 33.7 Å². The fourth-order valence-electron chi connectivity index (χ4n) is 1.43. The average Bonchev–Trinajstić information content (AvgIpc) is 2.40. The molecule has 1 aromatic carbocycles. The number of methoxy groups -OCH3 is 1. The zero-order valence-corrected chi connectivity index (χ0v) is 13.6. The van der Waals surface area contributed by atoms with Gasteiger partial charge in [-0.3, -0.25) is 0 Å². The Balaban J connectivity index is 3.03. The van der Waals surface area contributed by atoms with Gasteiger partial charge in [-0.1, -0.05) is 0 Å². The minimum atomic E-state index is -0.362. The zero-order valence-electron chi connectivity index (χ0n) is 11.2. The number of thioether (sulfide) groups is 1. The monoisotopic (exact) mass is 348 g/mol. The van der Waals surface area contributed by atoms with E-state index in [-0.39, 0.29) is 5.97 Å². The zero-order chi connectivity index (χ0) is 14.3. The number of carbonyl (C=O) groups excluding carboxylic acids is 1. The van der Waals surface area contributed by atoms with Crippen LogP contribution in [0.1, 0.15) is 17.3 Å². The van der Waals surface area contributed by atoms with E-state index in [0.29, 0.717) is 35.6 Å². The largest absolute Gasteiger partial charge is 0.489 e. The summed E-state index contributed by atoms with van der Waals surface area (Å²) >= 11 is 4.97. The van der Waals surface area contributed by atoms with Crippen molar-refractivity contribution in [3.63, 3.8) is 0 Å². The van der Waals surface area contributed by atoms with Gasteiger partial charge in [-0.15, -0.1) is 11.8 Å². The van der Waals surface area contributed by atoms with E-state index < -0.39 is 0 Å². The van der Waals surface area contributed by atoms with Gasteiger partial charge < -0.3 is 14.2 Å². The molecular weight excluding hydrogens is 332 g/mol. The number of hydrogen-bond donors (Lipinski definition) is 0. The molecule has 1 rings (SSSR count). The van der Waals surface area contributed by atoms with Crippen molar-refractivity contribution in [2.45, 2.75) is 11.8 Å². The number of carbonyl (C=O) groups is 1. The summed E-state index contributed by atoms with van der Waals surface area (Å²) in [7, 11) is 1.61. The molecule has 0 radical (unpaired) electrons. The van der Waals surface area contributed by atoms with Gasteiger partial charge in [0.1, 0.15) is 12.4 Å². The Morgan fingerprint density at radius 1 is 1.37 bits per heavy atom. The first kappa shape index (κ1) is 16.3. The Morgan fingerprint density at radius 3 is 2.68 bits per heavy atom. The van der Waals surface area contributed by atoms with Crippen LogP contribution in [0.2, 0.25) is 0 Å². The van der Waals surface area contributed by atoms with Crippen molar-refractivity contribution in [2.75, 3.05) is 33.2 Å². The smallest absolute Gasteiger partial charge is 0.339 e. The van der Waals surface area contributed by atoms with Crippen molar-refractivity contribution in [1.82, 2.24) is 0 Å². The van der Waals surface area contributed by atoms with Crippen LogP contribution < -0.4 is 4.74 Å². The van der Waals surface area contributed by atoms with Crippen LogP contribution in [-0.4, -0.2) is 39.2 Å². The van der Waals surface area contributed by atoms with Crippen molar-refractivity contribution < 1.29 is 19.0 Å². The second-order valence-corrected chi connectivity index (χ2v) is 5.16. The van der Waals surface area contributed by atoms with Gasteiger partial charge in [0.25, 0.3) is 0 Å². The number of ether oxygens (including phenoxy) is 3. The molecule has 0 unspecified atom stereocenters. The normalized spacial score (nSPS) is 10.3. The van der Waals surface area contributed by atoms with Gasteiger partial charge in [-0.25, -0.2) is 4.79 Å². The Morgan fingerprint density at radius 2 is 2.11 bits per heavy atom. The maximum atomic E-state index is 11.8. The number of rotatable bonds is 7. The second kappa shape index (κ2) is 8.45. The molecule has 0 fully saturated rings. The predicted molar refractivity (Wildman–Crippen MR) is 79.3 cm³/mol. The summed E-state index contributed by atoms with van der Waals surface area (Å²) in [5.41, 5.74) is 0.465. The van der Waals surface area contributed by atoms with E-state index in [0.717, 1.165) is 4.90 Å². The topological polar surface area (TPSA) is 44.8 Å². The van der Waals surface area contributed by atoms with Crippen LogP contribution >= 0.6 is 27.7 Å². The number of hydrogen-bond acceptors (Lipinski definition) is 5. The molecule has 0 bridgehead atoms. The first-order valence-electron chi connectivity index (χ1n) is 5.81. The molecule has 6 heteroatoms. The minimum absolute atomic E-state index is 0.343. The molecule has 4 nitrogen and oxygen atoms in total. The summed E-state index contributed by atoms with van der Waals surface area (Å²) in [5, 5.41) is 0. The second-order valence-electron chi connectivity index (χ2n) is 3.52. The molecule has 0 heterocycles. The summed E-state index contributed by atoms with van der Waals surface area (Å²) in [6.07, 6.45) is 1.95. The third kappa shape index (κ3) is 4.40. The van der Waals surface area contributed by atoms with Gasteiger partial charge >= 0.3 is 5.97 Å². The Kier molecular flexibility index (Phi) is 7.27. The summed E-state index contributed by atoms with van der Waals surface area (Å²) < 4.78 is 16.2. The van der Waals surface area contributed by atoms with Crippen molar-refractivity contribution in [3.8, 4) is 5.75 Å². The van der Waals surface area contributed by atoms with Gasteiger partial charge in [0.15, 0.2) is 0 Å². The van der Waals surface area contributed by atoms with E-state index in [1.54, 1.807) is 31.9 Å². The highest BCUT2D eigenvalue weighted by atomic mass is 79.9. The SMILES string of the molecule is CCOC(=O)c1ccc(SC)c(OCCOC)c1Br. The molecule has 0 saturated heterocycles. The summed E-state index contributed by atoms with van der Waals surface area (Å²) in [4.78, 5) is 12.8. The highest BCUT2D eigenvalue weighted by molar-refractivity contribution is 9.10. The summed E-state index contributed by atoms with van der Waals surface area (Å²) in [6, 6.07) is 3.58. The highest BCUT2D eigenvalue weighted by Gasteiger charge is 2.18. The predicted octanol–water partition coefficient (Wildman–Crippen LogP) is 3.37. The molecule has 0 spiro atoms. The van der Waals surface area contributed by atoms with Gasteiger partial charge in [-0.05, 0) is 41.2 Å². The molecule has 0 aromatic heterocycles. The molecule has 0 aliphatic rings. The number of halogens is 1. The first-order valence-corrected chi connectivity index (χ1v) is 7.82. The van der Waals surface area contributed by atoms with Crippen LogP contribution in [-0.2, 0) is 9.47 Å². The van der Waals surface area contributed by atoms with Gasteiger partial charge in [-0.2, -0.15) is 0 Å². The fourth-order valence-corrected chi connectivity index (χ4v) is 2.73. The van der Waals surface area contributed by atoms with Crippen LogP contribution in [0.25, 0.3) is 0 Å². The Hall–Kier alpha value is -0.720. The lowest BCUT2D eigenvalue weighted by atomic mass is 10.2. The van der Waals surface area contributed by atoms with Crippen molar-refractivity contribution in [2.24, 2.45) is 0 Å². The molecule has 0 amide bonds. The molecular formula is C13H17BrO4S. The molecule has 0 aliphatic carbocycles. The number of esters is 1. The lowest BCUT2D eigenvalue weighted by Crippen LogP contribution is -2.09. The van der Waals surface area contributed by atoms with Crippen LogP contribution in [0, 0.1) is 0 Å². The molecule has 19 heavy (non-hydrogen) atoms. The molecule has 0 saturated carbocycles. The lowest BCUT2D eigenvalue weighted by molar-refractivity contribution is 0.0524. The van der Waals surface area contributed by atoms with E-state index >= 15 is 0 Å². The highest BCUT2D eigenvalue weighted by Crippen LogP contribution is 2.37.